The summed E-state index contributed by atoms with van der Waals surface area (Å²) in [4.78, 5) is 18.8. The van der Waals surface area contributed by atoms with Crippen LogP contribution in [-0.4, -0.2) is 41.2 Å². The molecule has 2 aromatic carbocycles. The number of ether oxygens (including phenoxy) is 2. The number of hydrogen-bond donors (Lipinski definition) is 0. The Morgan fingerprint density at radius 2 is 2.00 bits per heavy atom. The Hall–Kier alpha value is -3.35. The van der Waals surface area contributed by atoms with Crippen LogP contribution < -0.4 is 9.47 Å². The largest absolute Gasteiger partial charge is 0.497 e. The van der Waals surface area contributed by atoms with Gasteiger partial charge >= 0.3 is 0 Å². The molecular weight excluding hydrogens is 370 g/mol. The van der Waals surface area contributed by atoms with Gasteiger partial charge in [0.05, 0.1) is 19.6 Å². The molecule has 4 rings (SSSR count). The van der Waals surface area contributed by atoms with Crippen LogP contribution in [0.25, 0.3) is 11.4 Å². The van der Waals surface area contributed by atoms with E-state index in [1.54, 1.807) is 7.11 Å². The first-order chi connectivity index (χ1) is 14.2. The summed E-state index contributed by atoms with van der Waals surface area (Å²) in [6, 6.07) is 15.3. The maximum Gasteiger partial charge on any atom is 0.232 e. The summed E-state index contributed by atoms with van der Waals surface area (Å²) < 4.78 is 16.2. The van der Waals surface area contributed by atoms with Gasteiger partial charge in [0, 0.05) is 25.1 Å². The zero-order valence-electron chi connectivity index (χ0n) is 16.5. The predicted molar refractivity (Wildman–Crippen MR) is 107 cm³/mol. The van der Waals surface area contributed by atoms with Crippen LogP contribution in [0, 0.1) is 0 Å². The van der Waals surface area contributed by atoms with Crippen molar-refractivity contribution in [2.75, 3.05) is 20.3 Å². The first kappa shape index (κ1) is 19.0. The van der Waals surface area contributed by atoms with Gasteiger partial charge in [-0.25, -0.2) is 0 Å². The normalized spacial score (nSPS) is 16.3. The fourth-order valence-corrected chi connectivity index (χ4v) is 3.45. The Morgan fingerprint density at radius 3 is 2.76 bits per heavy atom. The molecule has 1 atom stereocenters. The molecule has 2 heterocycles. The number of nitrogens with zero attached hydrogens (tertiary/aromatic N) is 3. The van der Waals surface area contributed by atoms with Gasteiger partial charge in [0.25, 0.3) is 0 Å². The second-order valence-electron chi connectivity index (χ2n) is 6.94. The van der Waals surface area contributed by atoms with Crippen molar-refractivity contribution < 1.29 is 18.8 Å². The molecule has 0 spiro atoms. The lowest BCUT2D eigenvalue weighted by Gasteiger charge is -2.16. The van der Waals surface area contributed by atoms with E-state index in [0.717, 1.165) is 22.6 Å². The average molecular weight is 393 g/mol. The fourth-order valence-electron chi connectivity index (χ4n) is 3.45. The minimum Gasteiger partial charge on any atom is -0.497 e. The third kappa shape index (κ3) is 4.23. The van der Waals surface area contributed by atoms with Crippen molar-refractivity contribution in [1.29, 1.82) is 0 Å². The molecule has 0 saturated carbocycles. The lowest BCUT2D eigenvalue weighted by molar-refractivity contribution is -0.128. The lowest BCUT2D eigenvalue weighted by atomic mass is 10.1. The van der Waals surface area contributed by atoms with E-state index in [1.807, 2.05) is 60.4 Å². The van der Waals surface area contributed by atoms with E-state index in [-0.39, 0.29) is 11.8 Å². The monoisotopic (exact) mass is 393 g/mol. The van der Waals surface area contributed by atoms with Crippen LogP contribution in [-0.2, 0) is 11.3 Å². The van der Waals surface area contributed by atoms with Gasteiger partial charge in [-0.2, -0.15) is 4.98 Å². The number of carbonyl (C=O) groups excluding carboxylic acids is 1. The highest BCUT2D eigenvalue weighted by molar-refractivity contribution is 5.79. The zero-order chi connectivity index (χ0) is 20.2. The molecule has 0 aliphatic carbocycles. The van der Waals surface area contributed by atoms with Crippen LogP contribution in [0.1, 0.15) is 30.7 Å². The second kappa shape index (κ2) is 8.34. The first-order valence-corrected chi connectivity index (χ1v) is 9.63. The van der Waals surface area contributed by atoms with Crippen LogP contribution in [0.4, 0.5) is 0 Å². The molecule has 0 radical (unpaired) electrons. The van der Waals surface area contributed by atoms with Crippen molar-refractivity contribution in [3.63, 3.8) is 0 Å². The second-order valence-corrected chi connectivity index (χ2v) is 6.94. The molecule has 150 valence electrons. The number of aromatic nitrogens is 2. The summed E-state index contributed by atoms with van der Waals surface area (Å²) in [5, 5.41) is 4.08. The molecule has 0 N–H and O–H groups in total. The topological polar surface area (TPSA) is 77.7 Å². The predicted octanol–water partition coefficient (Wildman–Crippen LogP) is 3.66. The number of benzene rings is 2. The Labute approximate surface area is 169 Å². The zero-order valence-corrected chi connectivity index (χ0v) is 16.5. The number of amides is 1. The molecular formula is C22H23N3O4. The summed E-state index contributed by atoms with van der Waals surface area (Å²) in [5.74, 6) is 2.54. The van der Waals surface area contributed by atoms with Gasteiger partial charge in [-0.05, 0) is 36.8 Å². The summed E-state index contributed by atoms with van der Waals surface area (Å²) in [7, 11) is 1.61. The molecule has 7 heteroatoms. The van der Waals surface area contributed by atoms with Gasteiger partial charge in [0.15, 0.2) is 0 Å². The van der Waals surface area contributed by atoms with Gasteiger partial charge in [-0.3, -0.25) is 4.79 Å². The Morgan fingerprint density at radius 1 is 1.17 bits per heavy atom. The lowest BCUT2D eigenvalue weighted by Crippen LogP contribution is -2.24. The van der Waals surface area contributed by atoms with E-state index in [9.17, 15) is 4.79 Å². The van der Waals surface area contributed by atoms with Crippen LogP contribution in [0.3, 0.4) is 0 Å². The van der Waals surface area contributed by atoms with Gasteiger partial charge in [-0.15, -0.1) is 0 Å². The van der Waals surface area contributed by atoms with E-state index in [0.29, 0.717) is 37.8 Å². The number of methoxy groups -OCH3 is 1. The maximum atomic E-state index is 12.5. The minimum atomic E-state index is -0.0999. The van der Waals surface area contributed by atoms with Crippen LogP contribution in [0.5, 0.6) is 11.5 Å². The van der Waals surface area contributed by atoms with Gasteiger partial charge in [-0.1, -0.05) is 29.4 Å². The van der Waals surface area contributed by atoms with Crippen LogP contribution in [0.15, 0.2) is 53.1 Å². The van der Waals surface area contributed by atoms with Gasteiger partial charge < -0.3 is 18.9 Å². The Kier molecular flexibility index (Phi) is 5.46. The fraction of sp³-hybridized carbons (Fsp3) is 0.318. The summed E-state index contributed by atoms with van der Waals surface area (Å²) in [6.45, 7) is 3.70. The smallest absolute Gasteiger partial charge is 0.232 e. The van der Waals surface area contributed by atoms with E-state index in [1.165, 1.54) is 0 Å². The van der Waals surface area contributed by atoms with Crippen molar-refractivity contribution in [2.24, 2.45) is 0 Å². The standard InChI is InChI=1S/C22H23N3O4/c1-3-28-18-9-7-15(8-10-18)13-25-14-17(12-20(25)26)22-23-21(24-29-22)16-5-4-6-19(11-16)27-2/h4-11,17H,3,12-14H2,1-2H3. The number of rotatable bonds is 7. The SMILES string of the molecule is CCOc1ccc(CN2CC(c3nc(-c4cccc(OC)c4)no3)CC2=O)cc1. The van der Waals surface area contributed by atoms with Crippen molar-refractivity contribution in [1.82, 2.24) is 15.0 Å². The van der Waals surface area contributed by atoms with E-state index in [4.69, 9.17) is 14.0 Å². The first-order valence-electron chi connectivity index (χ1n) is 9.63. The Balaban J connectivity index is 1.43. The molecule has 1 saturated heterocycles. The Bertz CT molecular complexity index is 984. The molecule has 1 amide bonds. The third-order valence-electron chi connectivity index (χ3n) is 4.94. The molecule has 0 bridgehead atoms. The molecule has 7 nitrogen and oxygen atoms in total. The molecule has 29 heavy (non-hydrogen) atoms. The van der Waals surface area contributed by atoms with Crippen LogP contribution >= 0.6 is 0 Å². The van der Waals surface area contributed by atoms with Crippen molar-refractivity contribution >= 4 is 5.91 Å². The number of likely N-dealkylation sites (tertiary alicyclic amines) is 1. The quantitative estimate of drug-likeness (QED) is 0.610. The molecule has 1 unspecified atom stereocenters. The molecule has 1 aliphatic heterocycles. The van der Waals surface area contributed by atoms with Crippen LogP contribution in [0.2, 0.25) is 0 Å². The summed E-state index contributed by atoms with van der Waals surface area (Å²) in [6.07, 6.45) is 0.372. The average Bonchev–Trinajstić information content (AvgIpc) is 3.37. The highest BCUT2D eigenvalue weighted by Crippen LogP contribution is 2.30. The van der Waals surface area contributed by atoms with Crippen molar-refractivity contribution in [2.45, 2.75) is 25.8 Å². The molecule has 3 aromatic rings. The van der Waals surface area contributed by atoms with E-state index < -0.39 is 0 Å². The van der Waals surface area contributed by atoms with E-state index in [2.05, 4.69) is 10.1 Å². The van der Waals surface area contributed by atoms with Gasteiger partial charge in [0.2, 0.25) is 17.6 Å². The number of carbonyl (C=O) groups is 1. The summed E-state index contributed by atoms with van der Waals surface area (Å²) >= 11 is 0. The third-order valence-corrected chi connectivity index (χ3v) is 4.94. The molecule has 1 fully saturated rings. The van der Waals surface area contributed by atoms with Crippen molar-refractivity contribution in [3.8, 4) is 22.9 Å². The minimum absolute atomic E-state index is 0.0880. The summed E-state index contributed by atoms with van der Waals surface area (Å²) in [5.41, 5.74) is 1.87. The van der Waals surface area contributed by atoms with Crippen molar-refractivity contribution in [3.05, 3.63) is 60.0 Å². The molecule has 1 aliphatic rings. The van der Waals surface area contributed by atoms with E-state index >= 15 is 0 Å². The maximum absolute atomic E-state index is 12.5. The highest BCUT2D eigenvalue weighted by Gasteiger charge is 2.34. The highest BCUT2D eigenvalue weighted by atomic mass is 16.5. The molecule has 1 aromatic heterocycles. The number of hydrogen-bond acceptors (Lipinski definition) is 6. The van der Waals surface area contributed by atoms with Gasteiger partial charge in [0.1, 0.15) is 11.5 Å².